The molecule has 0 fully saturated rings. The van der Waals surface area contributed by atoms with Crippen molar-refractivity contribution in [3.8, 4) is 0 Å². The van der Waals surface area contributed by atoms with E-state index >= 15 is 0 Å². The monoisotopic (exact) mass is 485 g/mol. The zero-order valence-electron chi connectivity index (χ0n) is 19.0. The van der Waals surface area contributed by atoms with E-state index in [0.29, 0.717) is 16.7 Å². The molecule has 1 heterocycles. The van der Waals surface area contributed by atoms with E-state index in [2.05, 4.69) is 56.9 Å². The normalized spacial score (nSPS) is 11.0. The molecule has 3 aromatic rings. The van der Waals surface area contributed by atoms with Crippen molar-refractivity contribution in [1.29, 1.82) is 0 Å². The molecule has 1 amide bonds. The quantitative estimate of drug-likeness (QED) is 0.241. The lowest BCUT2D eigenvalue weighted by atomic mass is 10.2. The van der Waals surface area contributed by atoms with E-state index in [0.717, 1.165) is 30.2 Å². The number of nitrogens with zero attached hydrogens (tertiary/aromatic N) is 5. The molecule has 174 valence electrons. The maximum atomic E-state index is 12.2. The minimum absolute atomic E-state index is 0.186. The van der Waals surface area contributed by atoms with Gasteiger partial charge in [-0.25, -0.2) is 5.43 Å². The molecule has 10 heteroatoms. The second-order valence-electron chi connectivity index (χ2n) is 7.17. The molecule has 0 saturated carbocycles. The number of hydrazone groups is 1. The number of anilines is 2. The number of carbonyl (C=O) groups excluding carboxylic acids is 1. The molecule has 0 aliphatic rings. The molecule has 8 nitrogen and oxygen atoms in total. The summed E-state index contributed by atoms with van der Waals surface area (Å²) in [6, 6.07) is 15.6. The summed E-state index contributed by atoms with van der Waals surface area (Å²) in [6.45, 7) is 6.68. The van der Waals surface area contributed by atoms with Crippen LogP contribution in [0.5, 0.6) is 0 Å². The molecule has 0 spiro atoms. The van der Waals surface area contributed by atoms with Crippen LogP contribution in [0.4, 0.5) is 11.4 Å². The molecule has 3 rings (SSSR count). The standard InChI is InChI=1S/C23H28ClN7OS/c1-4-31(5-2)20-11-9-17(10-12-20)14-26-28-22(32)16-33-23-29-27-21(30(23)3)15-25-19-8-6-7-18(24)13-19/h6-14,25H,4-5,15-16H2,1-3H3,(H,28,32)/b26-14-. The third kappa shape index (κ3) is 7.23. The predicted octanol–water partition coefficient (Wildman–Crippen LogP) is 4.17. The topological polar surface area (TPSA) is 87.4 Å². The molecule has 0 aliphatic carbocycles. The van der Waals surface area contributed by atoms with Crippen molar-refractivity contribution >= 4 is 46.9 Å². The van der Waals surface area contributed by atoms with E-state index in [-0.39, 0.29) is 11.7 Å². The number of hydrogen-bond acceptors (Lipinski definition) is 7. The third-order valence-corrected chi connectivity index (χ3v) is 6.21. The third-order valence-electron chi connectivity index (χ3n) is 4.96. The Bertz CT molecular complexity index is 1080. The fourth-order valence-corrected chi connectivity index (χ4v) is 4.02. The van der Waals surface area contributed by atoms with Gasteiger partial charge in [0.2, 0.25) is 0 Å². The van der Waals surface area contributed by atoms with Crippen LogP contribution in [-0.2, 0) is 18.4 Å². The van der Waals surface area contributed by atoms with Crippen LogP contribution < -0.4 is 15.6 Å². The van der Waals surface area contributed by atoms with E-state index in [1.54, 1.807) is 6.21 Å². The first-order valence-corrected chi connectivity index (χ1v) is 12.0. The summed E-state index contributed by atoms with van der Waals surface area (Å²) in [6.07, 6.45) is 1.64. The lowest BCUT2D eigenvalue weighted by molar-refractivity contribution is -0.118. The molecule has 0 saturated heterocycles. The van der Waals surface area contributed by atoms with Crippen molar-refractivity contribution in [2.24, 2.45) is 12.1 Å². The molecule has 2 aromatic carbocycles. The van der Waals surface area contributed by atoms with Crippen LogP contribution in [0, 0.1) is 0 Å². The Balaban J connectivity index is 1.45. The molecule has 0 atom stereocenters. The van der Waals surface area contributed by atoms with Crippen LogP contribution in [0.3, 0.4) is 0 Å². The SMILES string of the molecule is CCN(CC)c1ccc(/C=N\NC(=O)CSc2nnc(CNc3cccc(Cl)c3)n2C)cc1. The zero-order chi connectivity index (χ0) is 23.6. The van der Waals surface area contributed by atoms with Crippen molar-refractivity contribution in [3.63, 3.8) is 0 Å². The Labute approximate surface area is 203 Å². The molecule has 1 aromatic heterocycles. The average Bonchev–Trinajstić information content (AvgIpc) is 3.17. The lowest BCUT2D eigenvalue weighted by Crippen LogP contribution is -2.21. The second kappa shape index (κ2) is 12.3. The van der Waals surface area contributed by atoms with Crippen LogP contribution in [0.25, 0.3) is 0 Å². The second-order valence-corrected chi connectivity index (χ2v) is 8.55. The van der Waals surface area contributed by atoms with Crippen molar-refractivity contribution < 1.29 is 4.79 Å². The van der Waals surface area contributed by atoms with Gasteiger partial charge in [0, 0.05) is 36.5 Å². The highest BCUT2D eigenvalue weighted by Crippen LogP contribution is 2.18. The van der Waals surface area contributed by atoms with Crippen LogP contribution in [0.15, 0.2) is 58.8 Å². The number of nitrogens with one attached hydrogen (secondary N) is 2. The van der Waals surface area contributed by atoms with E-state index < -0.39 is 0 Å². The molecule has 0 aliphatic heterocycles. The van der Waals surface area contributed by atoms with E-state index in [1.807, 2.05) is 48.0 Å². The highest BCUT2D eigenvalue weighted by Gasteiger charge is 2.11. The van der Waals surface area contributed by atoms with Crippen LogP contribution >= 0.6 is 23.4 Å². The Morgan fingerprint density at radius 2 is 1.94 bits per heavy atom. The van der Waals surface area contributed by atoms with E-state index in [9.17, 15) is 4.79 Å². The number of rotatable bonds is 11. The zero-order valence-corrected chi connectivity index (χ0v) is 20.5. The lowest BCUT2D eigenvalue weighted by Gasteiger charge is -2.20. The number of hydrogen-bond donors (Lipinski definition) is 2. The summed E-state index contributed by atoms with van der Waals surface area (Å²) >= 11 is 7.31. The summed E-state index contributed by atoms with van der Waals surface area (Å²) < 4.78 is 1.86. The molecule has 33 heavy (non-hydrogen) atoms. The Morgan fingerprint density at radius 1 is 1.18 bits per heavy atom. The van der Waals surface area contributed by atoms with Gasteiger partial charge in [-0.05, 0) is 49.7 Å². The van der Waals surface area contributed by atoms with Crippen LogP contribution in [0.1, 0.15) is 25.2 Å². The fourth-order valence-electron chi connectivity index (χ4n) is 3.11. The van der Waals surface area contributed by atoms with Gasteiger partial charge in [0.1, 0.15) is 0 Å². The van der Waals surface area contributed by atoms with Crippen molar-refractivity contribution in [3.05, 3.63) is 64.9 Å². The smallest absolute Gasteiger partial charge is 0.250 e. The Morgan fingerprint density at radius 3 is 2.64 bits per heavy atom. The molecule has 2 N–H and O–H groups in total. The average molecular weight is 486 g/mol. The Hall–Kier alpha value is -3.04. The molecule has 0 radical (unpaired) electrons. The molecular formula is C23H28ClN7OS. The van der Waals surface area contributed by atoms with Gasteiger partial charge in [0.15, 0.2) is 11.0 Å². The van der Waals surface area contributed by atoms with Gasteiger partial charge in [-0.15, -0.1) is 10.2 Å². The largest absolute Gasteiger partial charge is 0.378 e. The van der Waals surface area contributed by atoms with Gasteiger partial charge in [-0.1, -0.05) is 41.6 Å². The number of carbonyl (C=O) groups is 1. The van der Waals surface area contributed by atoms with E-state index in [1.165, 1.54) is 17.4 Å². The molecule has 0 unspecified atom stereocenters. The summed E-state index contributed by atoms with van der Waals surface area (Å²) in [7, 11) is 1.87. The van der Waals surface area contributed by atoms with Gasteiger partial charge in [-0.2, -0.15) is 5.10 Å². The minimum Gasteiger partial charge on any atom is -0.378 e. The first kappa shape index (κ1) is 24.6. The number of aromatic nitrogens is 3. The number of thioether (sulfide) groups is 1. The van der Waals surface area contributed by atoms with Crippen molar-refractivity contribution in [1.82, 2.24) is 20.2 Å². The minimum atomic E-state index is -0.211. The molecular weight excluding hydrogens is 458 g/mol. The molecule has 0 bridgehead atoms. The summed E-state index contributed by atoms with van der Waals surface area (Å²) in [5.41, 5.74) is 5.55. The van der Waals surface area contributed by atoms with Gasteiger partial charge in [0.05, 0.1) is 18.5 Å². The van der Waals surface area contributed by atoms with Gasteiger partial charge in [0.25, 0.3) is 5.91 Å². The van der Waals surface area contributed by atoms with Gasteiger partial charge in [-0.3, -0.25) is 4.79 Å². The maximum absolute atomic E-state index is 12.2. The summed E-state index contributed by atoms with van der Waals surface area (Å²) in [4.78, 5) is 14.4. The fraction of sp³-hybridized carbons (Fsp3) is 0.304. The van der Waals surface area contributed by atoms with Crippen LogP contribution in [0.2, 0.25) is 5.02 Å². The van der Waals surface area contributed by atoms with Gasteiger partial charge < -0.3 is 14.8 Å². The Kier molecular flexibility index (Phi) is 9.14. The first-order valence-electron chi connectivity index (χ1n) is 10.7. The van der Waals surface area contributed by atoms with Gasteiger partial charge >= 0.3 is 0 Å². The van der Waals surface area contributed by atoms with Crippen molar-refractivity contribution in [2.45, 2.75) is 25.5 Å². The first-order chi connectivity index (χ1) is 16.0. The summed E-state index contributed by atoms with van der Waals surface area (Å²) in [5.74, 6) is 0.730. The van der Waals surface area contributed by atoms with E-state index in [4.69, 9.17) is 11.6 Å². The number of benzene rings is 2. The van der Waals surface area contributed by atoms with Crippen LogP contribution in [-0.4, -0.2) is 45.7 Å². The summed E-state index contributed by atoms with van der Waals surface area (Å²) in [5, 5.41) is 17.0. The van der Waals surface area contributed by atoms with Crippen molar-refractivity contribution in [2.75, 3.05) is 29.1 Å². The highest BCUT2D eigenvalue weighted by atomic mass is 35.5. The predicted molar refractivity (Wildman–Crippen MR) is 136 cm³/mol. The maximum Gasteiger partial charge on any atom is 0.250 e. The number of amides is 1. The highest BCUT2D eigenvalue weighted by molar-refractivity contribution is 7.99. The number of halogens is 1.